The fourth-order valence-corrected chi connectivity index (χ4v) is 3.41. The zero-order valence-corrected chi connectivity index (χ0v) is 14.2. The number of benzene rings is 3. The van der Waals surface area contributed by atoms with Gasteiger partial charge in [-0.2, -0.15) is 0 Å². The van der Waals surface area contributed by atoms with Crippen LogP contribution in [-0.2, 0) is 9.53 Å². The Hall–Kier alpha value is -3.20. The molecular weight excluding hydrogens is 324 g/mol. The van der Waals surface area contributed by atoms with E-state index in [1.54, 1.807) is 12.1 Å². The van der Waals surface area contributed by atoms with Gasteiger partial charge in [0.2, 0.25) is 0 Å². The van der Waals surface area contributed by atoms with E-state index in [2.05, 4.69) is 0 Å². The van der Waals surface area contributed by atoms with E-state index in [0.717, 1.165) is 22.3 Å². The molecule has 0 bridgehead atoms. The third-order valence-corrected chi connectivity index (χ3v) is 4.68. The van der Waals surface area contributed by atoms with E-state index in [1.165, 1.54) is 0 Å². The smallest absolute Gasteiger partial charge is 0.307 e. The summed E-state index contributed by atoms with van der Waals surface area (Å²) in [6.07, 6.45) is -0.172. The van der Waals surface area contributed by atoms with Gasteiger partial charge in [-0.1, -0.05) is 78.9 Å². The molecule has 0 aromatic heterocycles. The van der Waals surface area contributed by atoms with Gasteiger partial charge in [-0.15, -0.1) is 0 Å². The number of hydrogen-bond donors (Lipinski definition) is 0. The van der Waals surface area contributed by atoms with Gasteiger partial charge in [0.25, 0.3) is 0 Å². The van der Waals surface area contributed by atoms with Crippen molar-refractivity contribution in [3.63, 3.8) is 0 Å². The van der Waals surface area contributed by atoms with Crippen LogP contribution >= 0.6 is 0 Å². The highest BCUT2D eigenvalue weighted by molar-refractivity contribution is 5.97. The van der Waals surface area contributed by atoms with Crippen molar-refractivity contribution in [1.29, 1.82) is 0 Å². The standard InChI is InChI=1S/C23H18O3/c24-21(16-8-2-1-3-9-16)14-15-22(25)26-23-19-12-6-4-10-17(19)18-11-5-7-13-20(18)23/h1-13,23H,14-15H2. The lowest BCUT2D eigenvalue weighted by molar-refractivity contribution is -0.147. The van der Waals surface area contributed by atoms with Gasteiger partial charge in [-0.3, -0.25) is 9.59 Å². The molecule has 0 fully saturated rings. The van der Waals surface area contributed by atoms with Gasteiger partial charge in [0.05, 0.1) is 6.42 Å². The van der Waals surface area contributed by atoms with Crippen LogP contribution in [-0.4, -0.2) is 11.8 Å². The van der Waals surface area contributed by atoms with Gasteiger partial charge < -0.3 is 4.74 Å². The normalized spacial score (nSPS) is 12.3. The van der Waals surface area contributed by atoms with Crippen LogP contribution in [0.15, 0.2) is 78.9 Å². The Morgan fingerprint density at radius 1 is 0.692 bits per heavy atom. The maximum Gasteiger partial charge on any atom is 0.307 e. The van der Waals surface area contributed by atoms with Crippen molar-refractivity contribution in [3.05, 3.63) is 95.6 Å². The maximum atomic E-state index is 12.4. The van der Waals surface area contributed by atoms with E-state index in [0.29, 0.717) is 5.56 Å². The molecule has 3 heteroatoms. The summed E-state index contributed by atoms with van der Waals surface area (Å²) in [6, 6.07) is 24.9. The molecule has 0 amide bonds. The zero-order chi connectivity index (χ0) is 17.9. The highest BCUT2D eigenvalue weighted by atomic mass is 16.5. The monoisotopic (exact) mass is 342 g/mol. The van der Waals surface area contributed by atoms with E-state index < -0.39 is 6.10 Å². The van der Waals surface area contributed by atoms with Crippen LogP contribution in [0.5, 0.6) is 0 Å². The van der Waals surface area contributed by atoms with E-state index in [4.69, 9.17) is 4.74 Å². The summed E-state index contributed by atoms with van der Waals surface area (Å²) >= 11 is 0. The average molecular weight is 342 g/mol. The van der Waals surface area contributed by atoms with E-state index >= 15 is 0 Å². The van der Waals surface area contributed by atoms with Gasteiger partial charge >= 0.3 is 5.97 Å². The Morgan fingerprint density at radius 3 is 1.85 bits per heavy atom. The van der Waals surface area contributed by atoms with E-state index in [9.17, 15) is 9.59 Å². The van der Waals surface area contributed by atoms with Crippen molar-refractivity contribution < 1.29 is 14.3 Å². The molecule has 4 rings (SSSR count). The zero-order valence-electron chi connectivity index (χ0n) is 14.2. The minimum Gasteiger partial charge on any atom is -0.452 e. The second-order valence-electron chi connectivity index (χ2n) is 6.33. The molecule has 0 atom stereocenters. The van der Waals surface area contributed by atoms with Gasteiger partial charge in [0.1, 0.15) is 0 Å². The predicted octanol–water partition coefficient (Wildman–Crippen LogP) is 4.96. The number of esters is 1. The number of carbonyl (C=O) groups excluding carboxylic acids is 2. The molecule has 3 nitrogen and oxygen atoms in total. The Bertz CT molecular complexity index is 914. The van der Waals surface area contributed by atoms with E-state index in [-0.39, 0.29) is 24.6 Å². The van der Waals surface area contributed by atoms with Crippen molar-refractivity contribution in [2.45, 2.75) is 18.9 Å². The number of carbonyl (C=O) groups is 2. The Morgan fingerprint density at radius 2 is 1.23 bits per heavy atom. The first-order valence-corrected chi connectivity index (χ1v) is 8.70. The molecule has 1 aliphatic rings. The minimum atomic E-state index is -0.401. The van der Waals surface area contributed by atoms with Gasteiger partial charge in [-0.05, 0) is 11.1 Å². The number of fused-ring (bicyclic) bond motifs is 3. The lowest BCUT2D eigenvalue weighted by Gasteiger charge is -2.15. The van der Waals surface area contributed by atoms with Crippen LogP contribution in [0.3, 0.4) is 0 Å². The van der Waals surface area contributed by atoms with Crippen molar-refractivity contribution in [2.24, 2.45) is 0 Å². The van der Waals surface area contributed by atoms with Crippen LogP contribution in [0, 0.1) is 0 Å². The summed E-state index contributed by atoms with van der Waals surface area (Å²) in [6.45, 7) is 0. The fourth-order valence-electron chi connectivity index (χ4n) is 3.41. The van der Waals surface area contributed by atoms with Crippen molar-refractivity contribution in [2.75, 3.05) is 0 Å². The lowest BCUT2D eigenvalue weighted by Crippen LogP contribution is -2.12. The SMILES string of the molecule is O=C(CCC(=O)c1ccccc1)OC1c2ccccc2-c2ccccc21. The Labute approximate surface area is 152 Å². The minimum absolute atomic E-state index is 0.0465. The third-order valence-electron chi connectivity index (χ3n) is 4.68. The summed E-state index contributed by atoms with van der Waals surface area (Å²) in [4.78, 5) is 24.6. The molecule has 0 heterocycles. The molecule has 0 spiro atoms. The van der Waals surface area contributed by atoms with Crippen LogP contribution < -0.4 is 0 Å². The number of ether oxygens (including phenoxy) is 1. The van der Waals surface area contributed by atoms with Gasteiger partial charge in [0, 0.05) is 23.1 Å². The lowest BCUT2D eigenvalue weighted by atomic mass is 10.1. The van der Waals surface area contributed by atoms with Crippen molar-refractivity contribution in [1.82, 2.24) is 0 Å². The molecule has 26 heavy (non-hydrogen) atoms. The first kappa shape index (κ1) is 16.3. The molecule has 128 valence electrons. The number of Topliss-reactive ketones (excluding diaryl/α,β-unsaturated/α-hetero) is 1. The van der Waals surface area contributed by atoms with Crippen molar-refractivity contribution >= 4 is 11.8 Å². The summed E-state index contributed by atoms with van der Waals surface area (Å²) < 4.78 is 5.76. The van der Waals surface area contributed by atoms with Crippen molar-refractivity contribution in [3.8, 4) is 11.1 Å². The summed E-state index contributed by atoms with van der Waals surface area (Å²) in [7, 11) is 0. The van der Waals surface area contributed by atoms with Crippen LogP contribution in [0.25, 0.3) is 11.1 Å². The molecule has 3 aromatic rings. The molecule has 0 radical (unpaired) electrons. The maximum absolute atomic E-state index is 12.4. The molecule has 3 aromatic carbocycles. The molecule has 0 N–H and O–H groups in total. The summed E-state index contributed by atoms with van der Waals surface area (Å²) in [5, 5.41) is 0. The highest BCUT2D eigenvalue weighted by Crippen LogP contribution is 2.45. The topological polar surface area (TPSA) is 43.4 Å². The third kappa shape index (κ3) is 3.04. The fraction of sp³-hybridized carbons (Fsp3) is 0.130. The van der Waals surface area contributed by atoms with E-state index in [1.807, 2.05) is 66.7 Å². The number of rotatable bonds is 5. The van der Waals surface area contributed by atoms with Gasteiger partial charge in [-0.25, -0.2) is 0 Å². The van der Waals surface area contributed by atoms with Gasteiger partial charge in [0.15, 0.2) is 11.9 Å². The average Bonchev–Trinajstić information content (AvgIpc) is 3.01. The molecule has 0 unspecified atom stereocenters. The molecule has 0 saturated heterocycles. The van der Waals surface area contributed by atoms with Crippen LogP contribution in [0.1, 0.15) is 40.4 Å². The summed E-state index contributed by atoms with van der Waals surface area (Å²) in [5.41, 5.74) is 4.81. The van der Waals surface area contributed by atoms with Crippen LogP contribution in [0.2, 0.25) is 0 Å². The molecular formula is C23H18O3. The Kier molecular flexibility index (Phi) is 4.36. The first-order chi connectivity index (χ1) is 12.7. The summed E-state index contributed by atoms with van der Waals surface area (Å²) in [5.74, 6) is -0.402. The molecule has 0 aliphatic heterocycles. The number of hydrogen-bond acceptors (Lipinski definition) is 3. The second-order valence-corrected chi connectivity index (χ2v) is 6.33. The molecule has 1 aliphatic carbocycles. The number of ketones is 1. The highest BCUT2D eigenvalue weighted by Gasteiger charge is 2.30. The first-order valence-electron chi connectivity index (χ1n) is 8.70. The molecule has 0 saturated carbocycles. The Balaban J connectivity index is 1.47. The second kappa shape index (κ2) is 6.96. The predicted molar refractivity (Wildman–Crippen MR) is 99.8 cm³/mol. The quantitative estimate of drug-likeness (QED) is 0.486. The van der Waals surface area contributed by atoms with Crippen LogP contribution in [0.4, 0.5) is 0 Å². The largest absolute Gasteiger partial charge is 0.452 e.